The minimum Gasteiger partial charge on any atom is -0.493 e. The molecule has 1 aliphatic rings. The third-order valence-electron chi connectivity index (χ3n) is 4.31. The van der Waals surface area contributed by atoms with Gasteiger partial charge in [0.2, 0.25) is 0 Å². The molecule has 28 heavy (non-hydrogen) atoms. The van der Waals surface area contributed by atoms with Crippen molar-refractivity contribution in [1.29, 1.82) is 5.26 Å². The largest absolute Gasteiger partial charge is 0.493 e. The third kappa shape index (κ3) is 4.88. The topological polar surface area (TPSA) is 74.6 Å². The fourth-order valence-corrected chi connectivity index (χ4v) is 2.78. The van der Waals surface area contributed by atoms with Gasteiger partial charge < -0.3 is 19.7 Å². The zero-order valence-corrected chi connectivity index (χ0v) is 15.2. The van der Waals surface area contributed by atoms with Crippen molar-refractivity contribution in [2.75, 3.05) is 12.4 Å². The number of carbonyl (C=O) groups excluding carboxylic acids is 1. The van der Waals surface area contributed by atoms with E-state index in [0.717, 1.165) is 18.4 Å². The number of hydrogen-bond donors (Lipinski definition) is 1. The van der Waals surface area contributed by atoms with Gasteiger partial charge in [-0.2, -0.15) is 14.0 Å². The van der Waals surface area contributed by atoms with E-state index in [1.807, 2.05) is 6.07 Å². The highest BCUT2D eigenvalue weighted by Crippen LogP contribution is 2.33. The lowest BCUT2D eigenvalue weighted by atomic mass is 10.2. The molecule has 2 aromatic rings. The quantitative estimate of drug-likeness (QED) is 0.766. The average Bonchev–Trinajstić information content (AvgIpc) is 3.52. The van der Waals surface area contributed by atoms with Crippen LogP contribution in [0.5, 0.6) is 11.5 Å². The molecular formula is C20H19F2N3O3. The lowest BCUT2D eigenvalue weighted by Gasteiger charge is -2.23. The van der Waals surface area contributed by atoms with Gasteiger partial charge in [0.1, 0.15) is 0 Å². The van der Waals surface area contributed by atoms with Crippen molar-refractivity contribution < 1.29 is 23.0 Å². The van der Waals surface area contributed by atoms with Crippen LogP contribution in [0.4, 0.5) is 19.3 Å². The van der Waals surface area contributed by atoms with Gasteiger partial charge in [-0.15, -0.1) is 0 Å². The van der Waals surface area contributed by atoms with E-state index in [1.54, 1.807) is 41.3 Å². The van der Waals surface area contributed by atoms with Gasteiger partial charge in [-0.3, -0.25) is 0 Å². The summed E-state index contributed by atoms with van der Waals surface area (Å²) >= 11 is 0. The number of amides is 2. The number of carbonyl (C=O) groups is 1. The van der Waals surface area contributed by atoms with Crippen LogP contribution in [0.1, 0.15) is 24.0 Å². The van der Waals surface area contributed by atoms with E-state index < -0.39 is 6.61 Å². The Hall–Kier alpha value is -3.34. The second-order valence-electron chi connectivity index (χ2n) is 6.34. The molecule has 6 nitrogen and oxygen atoms in total. The maximum Gasteiger partial charge on any atom is 0.387 e. The van der Waals surface area contributed by atoms with Crippen molar-refractivity contribution in [2.45, 2.75) is 32.0 Å². The molecule has 1 aliphatic carbocycles. The monoisotopic (exact) mass is 387 g/mol. The Morgan fingerprint density at radius 3 is 2.54 bits per heavy atom. The Labute approximate surface area is 161 Å². The molecule has 0 saturated heterocycles. The van der Waals surface area contributed by atoms with Gasteiger partial charge in [-0.25, -0.2) is 4.79 Å². The molecule has 0 aromatic heterocycles. The van der Waals surface area contributed by atoms with Crippen LogP contribution in [0.3, 0.4) is 0 Å². The molecule has 0 aliphatic heterocycles. The van der Waals surface area contributed by atoms with E-state index in [1.165, 1.54) is 13.2 Å². The fraction of sp³-hybridized carbons (Fsp3) is 0.300. The summed E-state index contributed by atoms with van der Waals surface area (Å²) in [6, 6.07) is 13.1. The van der Waals surface area contributed by atoms with Crippen LogP contribution >= 0.6 is 0 Å². The van der Waals surface area contributed by atoms with Crippen LogP contribution in [0.2, 0.25) is 0 Å². The lowest BCUT2D eigenvalue weighted by molar-refractivity contribution is -0.0512. The highest BCUT2D eigenvalue weighted by molar-refractivity contribution is 5.89. The van der Waals surface area contributed by atoms with Crippen molar-refractivity contribution in [3.63, 3.8) is 0 Å². The van der Waals surface area contributed by atoms with Gasteiger partial charge in [0.05, 0.1) is 18.7 Å². The Morgan fingerprint density at radius 2 is 1.96 bits per heavy atom. The van der Waals surface area contributed by atoms with E-state index in [2.05, 4.69) is 10.1 Å². The number of benzene rings is 2. The van der Waals surface area contributed by atoms with Gasteiger partial charge in [0.15, 0.2) is 11.5 Å². The number of rotatable bonds is 7. The zero-order valence-electron chi connectivity index (χ0n) is 15.2. The summed E-state index contributed by atoms with van der Waals surface area (Å²) in [5, 5.41) is 11.7. The fourth-order valence-electron chi connectivity index (χ4n) is 2.78. The van der Waals surface area contributed by atoms with E-state index in [9.17, 15) is 13.6 Å². The molecule has 146 valence electrons. The van der Waals surface area contributed by atoms with Crippen LogP contribution in [-0.4, -0.2) is 30.7 Å². The molecule has 0 atom stereocenters. The molecule has 1 fully saturated rings. The van der Waals surface area contributed by atoms with Gasteiger partial charge >= 0.3 is 12.6 Å². The van der Waals surface area contributed by atoms with Crippen molar-refractivity contribution >= 4 is 11.7 Å². The highest BCUT2D eigenvalue weighted by Gasteiger charge is 2.32. The number of alkyl halides is 2. The predicted molar refractivity (Wildman–Crippen MR) is 98.4 cm³/mol. The first-order valence-corrected chi connectivity index (χ1v) is 8.69. The summed E-state index contributed by atoms with van der Waals surface area (Å²) in [5.74, 6) is 0.127. The maximum absolute atomic E-state index is 12.7. The number of urea groups is 1. The van der Waals surface area contributed by atoms with Crippen molar-refractivity contribution in [3.05, 3.63) is 53.6 Å². The summed E-state index contributed by atoms with van der Waals surface area (Å²) in [7, 11) is 1.37. The van der Waals surface area contributed by atoms with Crippen LogP contribution in [0.15, 0.2) is 42.5 Å². The summed E-state index contributed by atoms with van der Waals surface area (Å²) < 4.78 is 34.5. The van der Waals surface area contributed by atoms with Crippen LogP contribution in [0, 0.1) is 11.3 Å². The summed E-state index contributed by atoms with van der Waals surface area (Å²) in [4.78, 5) is 14.4. The predicted octanol–water partition coefficient (Wildman–Crippen LogP) is 4.36. The first kappa shape index (κ1) is 19.4. The minimum absolute atomic E-state index is 0.0544. The van der Waals surface area contributed by atoms with Crippen LogP contribution < -0.4 is 14.8 Å². The van der Waals surface area contributed by atoms with Crippen molar-refractivity contribution in [2.24, 2.45) is 0 Å². The summed E-state index contributed by atoms with van der Waals surface area (Å²) in [6.45, 7) is -2.64. The van der Waals surface area contributed by atoms with E-state index in [0.29, 0.717) is 17.8 Å². The number of methoxy groups -OCH3 is 1. The van der Waals surface area contributed by atoms with Gasteiger partial charge in [-0.1, -0.05) is 6.07 Å². The molecule has 8 heteroatoms. The molecule has 3 rings (SSSR count). The van der Waals surface area contributed by atoms with Gasteiger partial charge in [0, 0.05) is 18.3 Å². The Kier molecular flexibility index (Phi) is 5.94. The van der Waals surface area contributed by atoms with Crippen molar-refractivity contribution in [1.82, 2.24) is 4.90 Å². The summed E-state index contributed by atoms with van der Waals surface area (Å²) in [5.41, 5.74) is 1.84. The zero-order chi connectivity index (χ0) is 20.1. The minimum atomic E-state index is -2.94. The molecule has 1 saturated carbocycles. The smallest absolute Gasteiger partial charge is 0.387 e. The summed E-state index contributed by atoms with van der Waals surface area (Å²) in [6.07, 6.45) is 1.81. The number of halogens is 2. The first-order chi connectivity index (χ1) is 13.5. The molecule has 2 aromatic carbocycles. The van der Waals surface area contributed by atoms with Crippen LogP contribution in [-0.2, 0) is 6.54 Å². The molecule has 0 spiro atoms. The Bertz CT molecular complexity index is 877. The van der Waals surface area contributed by atoms with E-state index in [4.69, 9.17) is 10.00 Å². The Morgan fingerprint density at radius 1 is 1.25 bits per heavy atom. The number of ether oxygens (including phenoxy) is 2. The number of nitrogens with one attached hydrogen (secondary N) is 1. The normalized spacial score (nSPS) is 13.0. The average molecular weight is 387 g/mol. The first-order valence-electron chi connectivity index (χ1n) is 8.69. The molecule has 1 N–H and O–H groups in total. The molecule has 0 heterocycles. The molecule has 2 amide bonds. The highest BCUT2D eigenvalue weighted by atomic mass is 19.3. The standard InChI is InChI=1S/C20H19F2N3O3/c1-27-18-10-14(4-9-17(18)28-19(21)22)12-25(16-7-8-16)20(26)24-15-5-2-13(11-23)3-6-15/h2-6,9-10,16,19H,7-8,12H2,1H3,(H,24,26). The van der Waals surface area contributed by atoms with E-state index in [-0.39, 0.29) is 23.6 Å². The lowest BCUT2D eigenvalue weighted by Crippen LogP contribution is -2.36. The Balaban J connectivity index is 1.72. The van der Waals surface area contributed by atoms with Crippen molar-refractivity contribution in [3.8, 4) is 17.6 Å². The second kappa shape index (κ2) is 8.57. The number of nitrogens with zero attached hydrogens (tertiary/aromatic N) is 2. The molecule has 0 unspecified atom stereocenters. The third-order valence-corrected chi connectivity index (χ3v) is 4.31. The molecular weight excluding hydrogens is 368 g/mol. The SMILES string of the molecule is COc1cc(CN(C(=O)Nc2ccc(C#N)cc2)C2CC2)ccc1OC(F)F. The molecule has 0 bridgehead atoms. The van der Waals surface area contributed by atoms with Gasteiger partial charge in [0.25, 0.3) is 0 Å². The number of anilines is 1. The molecule has 0 radical (unpaired) electrons. The number of nitriles is 1. The number of hydrogen-bond acceptors (Lipinski definition) is 4. The van der Waals surface area contributed by atoms with Crippen LogP contribution in [0.25, 0.3) is 0 Å². The van der Waals surface area contributed by atoms with E-state index >= 15 is 0 Å². The van der Waals surface area contributed by atoms with Gasteiger partial charge in [-0.05, 0) is 54.8 Å². The maximum atomic E-state index is 12.7. The second-order valence-corrected chi connectivity index (χ2v) is 6.34.